The molecule has 2 bridgehead atoms. The molecule has 3 aliphatic rings. The van der Waals surface area contributed by atoms with Crippen LogP contribution in [0.25, 0.3) is 0 Å². The monoisotopic (exact) mass is 1620 g/mol. The first-order valence-electron chi connectivity index (χ1n) is 34.6. The lowest BCUT2D eigenvalue weighted by Crippen LogP contribution is -2.61. The fourth-order valence-corrected chi connectivity index (χ4v) is 15.5. The number of aliphatic hydroxyl groups excluding tert-OH is 1. The molecule has 3 aliphatic heterocycles. The van der Waals surface area contributed by atoms with Crippen LogP contribution in [-0.2, 0) is 94.3 Å². The molecule has 1 aromatic carbocycles. The Labute approximate surface area is 645 Å². The molecule has 0 aliphatic carbocycles. The van der Waals surface area contributed by atoms with Crippen LogP contribution in [0.1, 0.15) is 82.4 Å². The van der Waals surface area contributed by atoms with Crippen molar-refractivity contribution in [2.45, 2.75) is 163 Å². The number of H-pyrrole nitrogens is 1. The minimum absolute atomic E-state index is 0.00782. The summed E-state index contributed by atoms with van der Waals surface area (Å²) < 4.78 is 0. The van der Waals surface area contributed by atoms with E-state index in [9.17, 15) is 96.8 Å². The summed E-state index contributed by atoms with van der Waals surface area (Å²) in [6.45, 7) is -1.67. The van der Waals surface area contributed by atoms with E-state index in [2.05, 4.69) is 84.4 Å². The van der Waals surface area contributed by atoms with Crippen LogP contribution in [0.5, 0.6) is 5.75 Å². The number of guanidine groups is 1. The Morgan fingerprint density at radius 1 is 0.682 bits per heavy atom. The number of hydrogen-bond donors (Lipinski definition) is 24. The van der Waals surface area contributed by atoms with Gasteiger partial charge in [0.2, 0.25) is 94.5 Å². The highest BCUT2D eigenvalue weighted by Gasteiger charge is 2.42. The van der Waals surface area contributed by atoms with E-state index in [1.54, 1.807) is 0 Å². The molecule has 4 heterocycles. The molecule has 110 heavy (non-hydrogen) atoms. The number of unbranched alkanes of at least 4 members (excludes halogenated alkanes) is 1. The Hall–Kier alpha value is -10.2. The fourth-order valence-electron chi connectivity index (χ4n) is 10.8. The molecule has 29 N–H and O–H groups in total. The summed E-state index contributed by atoms with van der Waals surface area (Å²) in [4.78, 5) is 245. The van der Waals surface area contributed by atoms with Gasteiger partial charge in [-0.3, -0.25) is 86.9 Å². The SMILES string of the molecule is C[C@@H]1NC(=O)[C@@H]2CCCN2C(=O)[C@H](CC(N)=O)NC(=O)[C@@H]2CSSC[C@@H](C(=O)NCC(=O)N[C@@H](CCCCN)C(N)=O)NC(=O)[C@H](CO)NC(=O)[C@H](Cc3ccc(O)cc3)NC(=O)[C@H](Cc3cnc[nH]3)NC(=O)[C@H](CCCNC(=N)N)NC(=O)CNC(=O)[C@H](CSSC[C@H](NC(=O)[C@@H](N)CCC(=O)O)C(=O)N2)NC1=O. The number of nitrogens with zero attached hydrogens (tertiary/aromatic N) is 2. The van der Waals surface area contributed by atoms with Crippen LogP contribution in [0.2, 0.25) is 0 Å². The second-order valence-electron chi connectivity index (χ2n) is 25.4. The second-order valence-corrected chi connectivity index (χ2v) is 30.5. The van der Waals surface area contributed by atoms with Gasteiger partial charge in [-0.05, 0) is 82.5 Å². The van der Waals surface area contributed by atoms with Gasteiger partial charge in [-0.25, -0.2) is 4.98 Å². The maximum absolute atomic E-state index is 14.8. The summed E-state index contributed by atoms with van der Waals surface area (Å²) >= 11 is 0. The number of rotatable bonds is 25. The van der Waals surface area contributed by atoms with Crippen molar-refractivity contribution in [2.24, 2.45) is 28.7 Å². The standard InChI is InChI=1S/C63H95N23O20S4/c1-30-51(95)82-41-25-107-109-27-43(83-52(96)34(65)13-14-49(92)93)60(104)85-44(59(103)80-39(20-46(66)89)62(106)86-17-5-8-45(86)61(105)75-30)28-110-108-26-42(54(98)72-22-47(90)76-35(50(67)94)6-2-3-15-64)84-58(102)40(24-87)81-56(100)37(18-31-9-11-33(88)12-10-31)78-57(101)38(19-32-21-70-29-74-32)79-55(99)36(7-4-16-71-63(68)69)77-48(91)23-73-53(41)97/h9-12,21,29-30,34-45,87-88H,2-8,13-20,22-28,64-65H2,1H3,(H2,66,89)(H2,67,94)(H,70,74)(H,72,98)(H,73,97)(H,75,105)(H,76,90)(H,77,91)(H,78,101)(H,79,99)(H,80,103)(H,81,100)(H,82,95)(H,83,96)(H,84,102)(H,85,104)(H,92,93)(H4,68,69,71)/t30-,34-,35-,36-,37-,38-,39-,40-,41-,42-,43-,44-,45-/m0/s1. The number of aromatic amines is 1. The molecule has 0 spiro atoms. The van der Waals surface area contributed by atoms with E-state index in [4.69, 9.17) is 34.1 Å². The van der Waals surface area contributed by atoms with Crippen LogP contribution < -0.4 is 103 Å². The molecule has 0 radical (unpaired) electrons. The zero-order valence-electron chi connectivity index (χ0n) is 59.7. The van der Waals surface area contributed by atoms with Gasteiger partial charge in [0.1, 0.15) is 78.3 Å². The number of phenols is 1. The van der Waals surface area contributed by atoms with Crippen LogP contribution >= 0.6 is 43.2 Å². The van der Waals surface area contributed by atoms with E-state index in [1.807, 2.05) is 0 Å². The third-order valence-electron chi connectivity index (χ3n) is 16.8. The van der Waals surface area contributed by atoms with E-state index in [0.29, 0.717) is 34.4 Å². The molecule has 3 fully saturated rings. The van der Waals surface area contributed by atoms with Crippen molar-refractivity contribution in [3.63, 3.8) is 0 Å². The van der Waals surface area contributed by atoms with Gasteiger partial charge in [0.15, 0.2) is 5.96 Å². The Balaban J connectivity index is 1.68. The predicted octanol–water partition coefficient (Wildman–Crippen LogP) is -9.80. The lowest BCUT2D eigenvalue weighted by atomic mass is 10.0. The number of aliphatic carboxylic acids is 1. The number of amides is 16. The van der Waals surface area contributed by atoms with Crippen molar-refractivity contribution in [2.75, 3.05) is 62.3 Å². The number of hydrogen-bond acceptors (Lipinski definition) is 27. The molecule has 606 valence electrons. The number of aliphatic hydroxyl groups is 1. The summed E-state index contributed by atoms with van der Waals surface area (Å²) in [5, 5.41) is 72.4. The van der Waals surface area contributed by atoms with Crippen molar-refractivity contribution >= 4 is 150 Å². The molecule has 0 saturated carbocycles. The number of phenolic OH excluding ortho intramolecular Hbond substituents is 1. The van der Waals surface area contributed by atoms with Crippen molar-refractivity contribution in [1.82, 2.24) is 89.3 Å². The third-order valence-corrected chi connectivity index (χ3v) is 21.6. The number of nitrogens with two attached hydrogens (primary N) is 5. The van der Waals surface area contributed by atoms with Crippen LogP contribution in [-0.4, -0.2) is 278 Å². The Bertz CT molecular complexity index is 3610. The highest BCUT2D eigenvalue weighted by molar-refractivity contribution is 8.77. The van der Waals surface area contributed by atoms with Gasteiger partial charge >= 0.3 is 5.97 Å². The third kappa shape index (κ3) is 31.0. The summed E-state index contributed by atoms with van der Waals surface area (Å²) in [5.74, 6) is -21.2. The molecule has 2 aromatic rings. The van der Waals surface area contributed by atoms with E-state index < -0.39 is 253 Å². The largest absolute Gasteiger partial charge is 0.508 e. The number of carboxylic acid groups (broad SMARTS) is 1. The molecule has 5 rings (SSSR count). The van der Waals surface area contributed by atoms with Gasteiger partial charge in [-0.1, -0.05) is 55.3 Å². The maximum Gasteiger partial charge on any atom is 0.303 e. The van der Waals surface area contributed by atoms with Crippen molar-refractivity contribution in [3.8, 4) is 5.75 Å². The van der Waals surface area contributed by atoms with Gasteiger partial charge in [0.05, 0.1) is 38.5 Å². The van der Waals surface area contributed by atoms with Crippen LogP contribution in [0.4, 0.5) is 0 Å². The lowest BCUT2D eigenvalue weighted by molar-refractivity contribution is -0.143. The van der Waals surface area contributed by atoms with Crippen LogP contribution in [0.15, 0.2) is 36.8 Å². The van der Waals surface area contributed by atoms with Crippen molar-refractivity contribution in [1.29, 1.82) is 5.41 Å². The van der Waals surface area contributed by atoms with E-state index in [-0.39, 0.29) is 75.2 Å². The summed E-state index contributed by atoms with van der Waals surface area (Å²) in [5.41, 5.74) is 28.9. The van der Waals surface area contributed by atoms with Gasteiger partial charge in [-0.2, -0.15) is 0 Å². The molecule has 43 nitrogen and oxygen atoms in total. The number of carboxylic acids is 1. The van der Waals surface area contributed by atoms with Gasteiger partial charge < -0.3 is 128 Å². The Morgan fingerprint density at radius 3 is 1.93 bits per heavy atom. The van der Waals surface area contributed by atoms with Gasteiger partial charge in [0.25, 0.3) is 0 Å². The summed E-state index contributed by atoms with van der Waals surface area (Å²) in [7, 11) is 3.00. The molecule has 0 unspecified atom stereocenters. The Kier molecular flexibility index (Phi) is 38.1. The number of fused-ring (bicyclic) bond motifs is 9. The maximum atomic E-state index is 14.8. The lowest BCUT2D eigenvalue weighted by Gasteiger charge is -2.30. The smallest absolute Gasteiger partial charge is 0.303 e. The average molecular weight is 1620 g/mol. The number of carbonyl (C=O) groups excluding carboxylic acids is 16. The van der Waals surface area contributed by atoms with Gasteiger partial charge in [0, 0.05) is 67.3 Å². The first-order valence-corrected chi connectivity index (χ1v) is 39.6. The number of benzene rings is 1. The van der Waals surface area contributed by atoms with Crippen molar-refractivity contribution < 1.29 is 96.8 Å². The highest BCUT2D eigenvalue weighted by Crippen LogP contribution is 2.27. The van der Waals surface area contributed by atoms with Crippen LogP contribution in [0.3, 0.4) is 0 Å². The number of aromatic nitrogens is 2. The zero-order valence-corrected chi connectivity index (χ0v) is 63.0. The van der Waals surface area contributed by atoms with E-state index in [0.717, 1.165) is 26.5 Å². The van der Waals surface area contributed by atoms with E-state index >= 15 is 0 Å². The van der Waals surface area contributed by atoms with Gasteiger partial charge in [-0.15, -0.1) is 0 Å². The molecule has 13 atom stereocenters. The quantitative estimate of drug-likeness (QED) is 0.0190. The zero-order chi connectivity index (χ0) is 81.1. The first kappa shape index (κ1) is 90.4. The molecule has 47 heteroatoms. The summed E-state index contributed by atoms with van der Waals surface area (Å²) in [6.07, 6.45) is 0.639. The fraction of sp³-hybridized carbons (Fsp3) is 0.571. The predicted molar refractivity (Wildman–Crippen MR) is 399 cm³/mol. The molecule has 1 aromatic heterocycles. The number of imidazole rings is 1. The second kappa shape index (κ2) is 46.3. The summed E-state index contributed by atoms with van der Waals surface area (Å²) in [6, 6.07) is -16.2. The van der Waals surface area contributed by atoms with Crippen LogP contribution in [0, 0.1) is 5.41 Å². The first-order chi connectivity index (χ1) is 52.3. The minimum atomic E-state index is -2.00. The minimum Gasteiger partial charge on any atom is -0.508 e. The molecular weight excluding hydrogens is 1530 g/mol. The molecule has 3 saturated heterocycles. The normalized spacial score (nSPS) is 24.3. The molecular formula is C63H95N23O20S4. The average Bonchev–Trinajstić information content (AvgIpc) is 1.64. The topological polar surface area (TPSA) is 705 Å². The number of carbonyl (C=O) groups is 17. The number of nitrogens with one attached hydrogen (secondary N) is 16. The Morgan fingerprint density at radius 2 is 1.30 bits per heavy atom. The van der Waals surface area contributed by atoms with E-state index in [1.165, 1.54) is 43.7 Å². The number of primary amides is 2. The highest BCUT2D eigenvalue weighted by atomic mass is 33.1. The van der Waals surface area contributed by atoms with Crippen molar-refractivity contribution in [3.05, 3.63) is 48.0 Å². The number of aromatic hydroxyl groups is 1. The molecule has 16 amide bonds.